The van der Waals surface area contributed by atoms with Crippen molar-refractivity contribution in [3.8, 4) is 17.3 Å². The van der Waals surface area contributed by atoms with Crippen LogP contribution in [-0.4, -0.2) is 27.6 Å². The maximum absolute atomic E-state index is 11.7. The van der Waals surface area contributed by atoms with Crippen molar-refractivity contribution in [2.45, 2.75) is 13.5 Å². The van der Waals surface area contributed by atoms with E-state index in [-0.39, 0.29) is 12.5 Å². The molecule has 0 aromatic carbocycles. The first-order chi connectivity index (χ1) is 12.2. The van der Waals surface area contributed by atoms with Crippen LogP contribution in [0.3, 0.4) is 0 Å². The van der Waals surface area contributed by atoms with Gasteiger partial charge in [0.15, 0.2) is 0 Å². The summed E-state index contributed by atoms with van der Waals surface area (Å²) >= 11 is 0. The molecule has 0 unspecified atom stereocenters. The van der Waals surface area contributed by atoms with Gasteiger partial charge in [-0.2, -0.15) is 4.98 Å². The number of furan rings is 1. The first-order valence-electron chi connectivity index (χ1n) is 7.66. The van der Waals surface area contributed by atoms with Crippen LogP contribution in [-0.2, 0) is 11.3 Å². The van der Waals surface area contributed by atoms with E-state index in [1.807, 2.05) is 6.92 Å². The molecule has 0 saturated carbocycles. The molecule has 1 N–H and O–H groups in total. The van der Waals surface area contributed by atoms with E-state index in [1.54, 1.807) is 36.5 Å². The number of pyridine rings is 1. The van der Waals surface area contributed by atoms with Gasteiger partial charge in [0.05, 0.1) is 19.4 Å². The van der Waals surface area contributed by atoms with E-state index in [0.717, 1.165) is 0 Å². The smallest absolute Gasteiger partial charge is 0.246 e. The molecule has 0 saturated heterocycles. The molecule has 25 heavy (non-hydrogen) atoms. The van der Waals surface area contributed by atoms with Gasteiger partial charge in [0.1, 0.15) is 5.76 Å². The second kappa shape index (κ2) is 7.91. The Hall–Kier alpha value is -3.42. The number of carbonyl (C=O) groups is 1. The summed E-state index contributed by atoms with van der Waals surface area (Å²) in [5.41, 5.74) is 0.697. The molecule has 0 aliphatic rings. The molecular weight excluding hydrogens is 324 g/mol. The van der Waals surface area contributed by atoms with Crippen LogP contribution in [0.2, 0.25) is 0 Å². The number of hydrogen-bond acceptors (Lipinski definition) is 7. The highest BCUT2D eigenvalue weighted by atomic mass is 16.5. The van der Waals surface area contributed by atoms with Crippen molar-refractivity contribution >= 4 is 12.0 Å². The first kappa shape index (κ1) is 16.4. The number of nitrogens with zero attached hydrogens (tertiary/aromatic N) is 3. The summed E-state index contributed by atoms with van der Waals surface area (Å²) in [5.74, 6) is 1.53. The first-order valence-corrected chi connectivity index (χ1v) is 7.66. The molecule has 0 radical (unpaired) electrons. The topological polar surface area (TPSA) is 103 Å². The highest BCUT2D eigenvalue weighted by molar-refractivity contribution is 5.91. The summed E-state index contributed by atoms with van der Waals surface area (Å²) in [6.07, 6.45) is 6.07. The second-order valence-electron chi connectivity index (χ2n) is 4.90. The third-order valence-electron chi connectivity index (χ3n) is 3.11. The third kappa shape index (κ3) is 4.54. The Balaban J connectivity index is 1.55. The lowest BCUT2D eigenvalue weighted by molar-refractivity contribution is -0.116. The minimum Gasteiger partial charge on any atom is -0.478 e. The van der Waals surface area contributed by atoms with Crippen LogP contribution in [0.15, 0.2) is 51.7 Å². The molecule has 3 rings (SSSR count). The molecule has 0 fully saturated rings. The van der Waals surface area contributed by atoms with Crippen molar-refractivity contribution < 1.29 is 18.5 Å². The summed E-state index contributed by atoms with van der Waals surface area (Å²) in [7, 11) is 0. The van der Waals surface area contributed by atoms with E-state index in [1.165, 1.54) is 12.3 Å². The predicted molar refractivity (Wildman–Crippen MR) is 88.3 cm³/mol. The Morgan fingerprint density at radius 2 is 2.28 bits per heavy atom. The van der Waals surface area contributed by atoms with Crippen molar-refractivity contribution in [2.75, 3.05) is 6.61 Å². The van der Waals surface area contributed by atoms with Gasteiger partial charge < -0.3 is 19.0 Å². The lowest BCUT2D eigenvalue weighted by Crippen LogP contribution is -2.20. The zero-order valence-corrected chi connectivity index (χ0v) is 13.5. The largest absolute Gasteiger partial charge is 0.478 e. The zero-order valence-electron chi connectivity index (χ0n) is 13.5. The summed E-state index contributed by atoms with van der Waals surface area (Å²) in [6, 6.07) is 7.01. The maximum Gasteiger partial charge on any atom is 0.246 e. The fourth-order valence-corrected chi connectivity index (χ4v) is 1.96. The minimum atomic E-state index is -0.293. The molecule has 3 aromatic rings. The summed E-state index contributed by atoms with van der Waals surface area (Å²) in [4.78, 5) is 20.1. The van der Waals surface area contributed by atoms with Gasteiger partial charge in [0.2, 0.25) is 23.5 Å². The molecule has 0 bridgehead atoms. The highest BCUT2D eigenvalue weighted by Crippen LogP contribution is 2.17. The number of ether oxygens (including phenoxy) is 1. The Bertz CT molecular complexity index is 838. The van der Waals surface area contributed by atoms with Gasteiger partial charge in [0.25, 0.3) is 0 Å². The van der Waals surface area contributed by atoms with Crippen LogP contribution >= 0.6 is 0 Å². The van der Waals surface area contributed by atoms with E-state index >= 15 is 0 Å². The van der Waals surface area contributed by atoms with Crippen LogP contribution in [0.1, 0.15) is 18.6 Å². The monoisotopic (exact) mass is 340 g/mol. The van der Waals surface area contributed by atoms with Gasteiger partial charge in [0, 0.05) is 23.9 Å². The molecule has 0 aliphatic carbocycles. The Kier molecular flexibility index (Phi) is 5.20. The summed E-state index contributed by atoms with van der Waals surface area (Å²) < 4.78 is 15.5. The molecule has 3 aromatic heterocycles. The summed E-state index contributed by atoms with van der Waals surface area (Å²) in [6.45, 7) is 2.56. The van der Waals surface area contributed by atoms with E-state index in [2.05, 4.69) is 20.4 Å². The van der Waals surface area contributed by atoms with Crippen molar-refractivity contribution in [3.63, 3.8) is 0 Å². The number of hydrogen-bond donors (Lipinski definition) is 1. The Morgan fingerprint density at radius 3 is 3.00 bits per heavy atom. The van der Waals surface area contributed by atoms with E-state index in [4.69, 9.17) is 13.7 Å². The van der Waals surface area contributed by atoms with Gasteiger partial charge in [-0.05, 0) is 31.2 Å². The molecule has 0 spiro atoms. The van der Waals surface area contributed by atoms with Crippen LogP contribution in [0.25, 0.3) is 17.5 Å². The second-order valence-corrected chi connectivity index (χ2v) is 4.90. The van der Waals surface area contributed by atoms with Crippen molar-refractivity contribution in [2.24, 2.45) is 0 Å². The molecule has 1 amide bonds. The molecule has 0 aliphatic heterocycles. The molecule has 8 nitrogen and oxygen atoms in total. The third-order valence-corrected chi connectivity index (χ3v) is 3.11. The van der Waals surface area contributed by atoms with Crippen LogP contribution < -0.4 is 10.1 Å². The van der Waals surface area contributed by atoms with Crippen molar-refractivity contribution in [1.29, 1.82) is 0 Å². The van der Waals surface area contributed by atoms with Crippen LogP contribution in [0, 0.1) is 0 Å². The summed E-state index contributed by atoms with van der Waals surface area (Å²) in [5, 5.41) is 6.53. The van der Waals surface area contributed by atoms with Crippen LogP contribution in [0.4, 0.5) is 0 Å². The van der Waals surface area contributed by atoms with E-state index in [9.17, 15) is 4.79 Å². The fourth-order valence-electron chi connectivity index (χ4n) is 1.96. The van der Waals surface area contributed by atoms with Gasteiger partial charge >= 0.3 is 0 Å². The molecule has 8 heteroatoms. The highest BCUT2D eigenvalue weighted by Gasteiger charge is 2.10. The average Bonchev–Trinajstić information content (AvgIpc) is 3.31. The quantitative estimate of drug-likeness (QED) is 0.659. The minimum absolute atomic E-state index is 0.124. The van der Waals surface area contributed by atoms with Gasteiger partial charge in [-0.15, -0.1) is 0 Å². The van der Waals surface area contributed by atoms with Crippen LogP contribution in [0.5, 0.6) is 5.88 Å². The van der Waals surface area contributed by atoms with E-state index in [0.29, 0.717) is 35.5 Å². The lowest BCUT2D eigenvalue weighted by atomic mass is 10.3. The molecule has 3 heterocycles. The number of nitrogens with one attached hydrogen (secondary N) is 1. The molecule has 128 valence electrons. The van der Waals surface area contributed by atoms with Crippen molar-refractivity contribution in [1.82, 2.24) is 20.4 Å². The van der Waals surface area contributed by atoms with Gasteiger partial charge in [-0.3, -0.25) is 4.79 Å². The number of aromatic nitrogens is 3. The van der Waals surface area contributed by atoms with Crippen molar-refractivity contribution in [3.05, 3.63) is 54.5 Å². The SMILES string of the molecule is CCOc1ccc(-c2noc(CNC(=O)C=Cc3ccco3)n2)cn1. The Labute approximate surface area is 143 Å². The predicted octanol–water partition coefficient (Wildman–Crippen LogP) is 2.45. The standard InChI is InChI=1S/C17H16N4O4/c1-2-23-15-8-5-12(10-19-15)17-20-16(25-21-17)11-18-14(22)7-6-13-4-3-9-24-13/h3-10H,2,11H2,1H3,(H,18,22). The van der Waals surface area contributed by atoms with Gasteiger partial charge in [-0.1, -0.05) is 5.16 Å². The average molecular weight is 340 g/mol. The molecular formula is C17H16N4O4. The normalized spacial score (nSPS) is 10.9. The van der Waals surface area contributed by atoms with E-state index < -0.39 is 0 Å². The molecule has 0 atom stereocenters. The number of carbonyl (C=O) groups excluding carboxylic acids is 1. The lowest BCUT2D eigenvalue weighted by Gasteiger charge is -2.00. The zero-order chi connectivity index (χ0) is 17.5. The number of amides is 1. The Morgan fingerprint density at radius 1 is 1.36 bits per heavy atom. The fraction of sp³-hybridized carbons (Fsp3) is 0.176. The number of rotatable bonds is 7. The van der Waals surface area contributed by atoms with Gasteiger partial charge in [-0.25, -0.2) is 4.98 Å². The maximum atomic E-state index is 11.7.